The van der Waals surface area contributed by atoms with Gasteiger partial charge in [0.15, 0.2) is 0 Å². The lowest BCUT2D eigenvalue weighted by Crippen LogP contribution is -2.36. The molecule has 0 aromatic rings. The van der Waals surface area contributed by atoms with Crippen LogP contribution in [-0.2, 0) is 0 Å². The van der Waals surface area contributed by atoms with Gasteiger partial charge in [0.1, 0.15) is 0 Å². The minimum atomic E-state index is 0.683. The van der Waals surface area contributed by atoms with Crippen molar-refractivity contribution < 1.29 is 0 Å². The molecule has 1 N–H and O–H groups in total. The maximum atomic E-state index is 3.74. The minimum absolute atomic E-state index is 0.683. The summed E-state index contributed by atoms with van der Waals surface area (Å²) < 4.78 is 0. The van der Waals surface area contributed by atoms with Gasteiger partial charge in [0.05, 0.1) is 6.17 Å². The Kier molecular flexibility index (Phi) is 18.7. The van der Waals surface area contributed by atoms with E-state index < -0.39 is 0 Å². The molecule has 1 atom stereocenters. The summed E-state index contributed by atoms with van der Waals surface area (Å²) in [5.74, 6) is 0. The highest BCUT2D eigenvalue weighted by atomic mass is 15.3. The van der Waals surface area contributed by atoms with Gasteiger partial charge in [-0.25, -0.2) is 0 Å². The molecular formula is C26H54N2. The van der Waals surface area contributed by atoms with Gasteiger partial charge in [-0.1, -0.05) is 129 Å². The van der Waals surface area contributed by atoms with Crippen molar-refractivity contribution in [3.8, 4) is 0 Å². The standard InChI is InChI=1S/C26H54N2/c1-3-5-7-9-11-13-15-17-19-21-24-28-25-23-27-26(28)22-20-18-16-14-12-10-8-6-4-2/h26-27H,3-25H2,1-2H3. The molecule has 2 heteroatoms. The minimum Gasteiger partial charge on any atom is -0.300 e. The maximum Gasteiger partial charge on any atom is 0.0597 e. The van der Waals surface area contributed by atoms with Gasteiger partial charge in [-0.3, -0.25) is 4.90 Å². The predicted octanol–water partition coefficient (Wildman–Crippen LogP) is 8.06. The van der Waals surface area contributed by atoms with Gasteiger partial charge >= 0.3 is 0 Å². The lowest BCUT2D eigenvalue weighted by Gasteiger charge is -2.24. The number of nitrogens with one attached hydrogen (secondary N) is 1. The zero-order valence-electron chi connectivity index (χ0n) is 19.8. The van der Waals surface area contributed by atoms with Crippen molar-refractivity contribution in [2.24, 2.45) is 0 Å². The van der Waals surface area contributed by atoms with Crippen LogP contribution in [0.4, 0.5) is 0 Å². The molecule has 1 unspecified atom stereocenters. The third-order valence-electron chi connectivity index (χ3n) is 6.60. The summed E-state index contributed by atoms with van der Waals surface area (Å²) in [6, 6.07) is 0. The predicted molar refractivity (Wildman–Crippen MR) is 127 cm³/mol. The fraction of sp³-hybridized carbons (Fsp3) is 1.00. The van der Waals surface area contributed by atoms with Crippen LogP contribution in [0, 0.1) is 0 Å². The number of hydrogen-bond acceptors (Lipinski definition) is 2. The maximum absolute atomic E-state index is 3.74. The quantitative estimate of drug-likeness (QED) is 0.198. The van der Waals surface area contributed by atoms with Crippen molar-refractivity contribution in [1.82, 2.24) is 10.2 Å². The lowest BCUT2D eigenvalue weighted by molar-refractivity contribution is 0.220. The fourth-order valence-corrected chi connectivity index (χ4v) is 4.66. The molecule has 0 saturated carbocycles. The van der Waals surface area contributed by atoms with Crippen molar-refractivity contribution in [3.05, 3.63) is 0 Å². The van der Waals surface area contributed by atoms with Crippen LogP contribution in [0.15, 0.2) is 0 Å². The molecule has 168 valence electrons. The Bertz CT molecular complexity index is 305. The van der Waals surface area contributed by atoms with Gasteiger partial charge < -0.3 is 5.32 Å². The van der Waals surface area contributed by atoms with Crippen molar-refractivity contribution in [1.29, 1.82) is 0 Å². The third kappa shape index (κ3) is 14.9. The molecule has 1 aliphatic rings. The molecule has 0 aromatic carbocycles. The lowest BCUT2D eigenvalue weighted by atomic mass is 10.1. The number of unbranched alkanes of at least 4 members (excludes halogenated alkanes) is 17. The number of hydrogen-bond donors (Lipinski definition) is 1. The van der Waals surface area contributed by atoms with E-state index in [9.17, 15) is 0 Å². The molecule has 0 amide bonds. The second kappa shape index (κ2) is 20.2. The van der Waals surface area contributed by atoms with Crippen LogP contribution < -0.4 is 5.32 Å². The summed E-state index contributed by atoms with van der Waals surface area (Å²) in [6.07, 6.45) is 29.4. The molecule has 0 radical (unpaired) electrons. The summed E-state index contributed by atoms with van der Waals surface area (Å²) in [5, 5.41) is 3.74. The largest absolute Gasteiger partial charge is 0.300 e. The first-order valence-corrected chi connectivity index (χ1v) is 13.4. The molecule has 1 fully saturated rings. The Morgan fingerprint density at radius 2 is 1.00 bits per heavy atom. The average Bonchev–Trinajstić information content (AvgIpc) is 3.15. The molecule has 2 nitrogen and oxygen atoms in total. The van der Waals surface area contributed by atoms with Crippen LogP contribution in [0.25, 0.3) is 0 Å². The summed E-state index contributed by atoms with van der Waals surface area (Å²) in [6.45, 7) is 8.42. The smallest absolute Gasteiger partial charge is 0.0597 e. The molecule has 28 heavy (non-hydrogen) atoms. The monoisotopic (exact) mass is 394 g/mol. The van der Waals surface area contributed by atoms with Crippen LogP contribution in [-0.4, -0.2) is 30.7 Å². The molecule has 0 aromatic heterocycles. The highest BCUT2D eigenvalue weighted by Crippen LogP contribution is 2.16. The van der Waals surface area contributed by atoms with Crippen LogP contribution in [0.3, 0.4) is 0 Å². The van der Waals surface area contributed by atoms with Gasteiger partial charge in [0.2, 0.25) is 0 Å². The SMILES string of the molecule is CCCCCCCCCCCCN1CCNC1CCCCCCCCCCC. The summed E-state index contributed by atoms with van der Waals surface area (Å²) in [4.78, 5) is 2.73. The Morgan fingerprint density at radius 3 is 1.50 bits per heavy atom. The summed E-state index contributed by atoms with van der Waals surface area (Å²) in [7, 11) is 0. The molecular weight excluding hydrogens is 340 g/mol. The first kappa shape index (κ1) is 26.0. The summed E-state index contributed by atoms with van der Waals surface area (Å²) in [5.41, 5.74) is 0. The van der Waals surface area contributed by atoms with Crippen LogP contribution in [0.1, 0.15) is 142 Å². The van der Waals surface area contributed by atoms with Crippen LogP contribution in [0.2, 0.25) is 0 Å². The Hall–Kier alpha value is -0.0800. The fourth-order valence-electron chi connectivity index (χ4n) is 4.66. The van der Waals surface area contributed by atoms with Crippen LogP contribution in [0.5, 0.6) is 0 Å². The first-order chi connectivity index (χ1) is 13.9. The normalized spacial score (nSPS) is 17.6. The third-order valence-corrected chi connectivity index (χ3v) is 6.60. The van der Waals surface area contributed by atoms with Crippen molar-refractivity contribution in [3.63, 3.8) is 0 Å². The number of nitrogens with zero attached hydrogens (tertiary/aromatic N) is 1. The van der Waals surface area contributed by atoms with E-state index in [1.54, 1.807) is 0 Å². The molecule has 1 heterocycles. The molecule has 1 rings (SSSR count). The highest BCUT2D eigenvalue weighted by Gasteiger charge is 2.22. The Morgan fingerprint density at radius 1 is 0.571 bits per heavy atom. The molecule has 1 saturated heterocycles. The first-order valence-electron chi connectivity index (χ1n) is 13.4. The van der Waals surface area contributed by atoms with Crippen molar-refractivity contribution in [2.75, 3.05) is 19.6 Å². The second-order valence-corrected chi connectivity index (χ2v) is 9.30. The van der Waals surface area contributed by atoms with E-state index in [1.165, 1.54) is 148 Å². The summed E-state index contributed by atoms with van der Waals surface area (Å²) >= 11 is 0. The molecule has 0 aliphatic carbocycles. The van der Waals surface area contributed by atoms with Gasteiger partial charge in [0, 0.05) is 13.1 Å². The van der Waals surface area contributed by atoms with E-state index >= 15 is 0 Å². The Labute approximate surface area is 178 Å². The van der Waals surface area contributed by atoms with E-state index in [4.69, 9.17) is 0 Å². The molecule has 0 spiro atoms. The van der Waals surface area contributed by atoms with E-state index in [0.29, 0.717) is 6.17 Å². The van der Waals surface area contributed by atoms with Gasteiger partial charge in [-0.2, -0.15) is 0 Å². The molecule has 1 aliphatic heterocycles. The van der Waals surface area contributed by atoms with E-state index in [1.807, 2.05) is 0 Å². The van der Waals surface area contributed by atoms with Gasteiger partial charge in [0.25, 0.3) is 0 Å². The van der Waals surface area contributed by atoms with E-state index in [2.05, 4.69) is 24.1 Å². The molecule has 0 bridgehead atoms. The van der Waals surface area contributed by atoms with E-state index in [-0.39, 0.29) is 0 Å². The Balaban J connectivity index is 1.88. The zero-order valence-corrected chi connectivity index (χ0v) is 19.8. The topological polar surface area (TPSA) is 15.3 Å². The van der Waals surface area contributed by atoms with E-state index in [0.717, 1.165) is 0 Å². The van der Waals surface area contributed by atoms with Crippen LogP contribution >= 0.6 is 0 Å². The average molecular weight is 395 g/mol. The second-order valence-electron chi connectivity index (χ2n) is 9.30. The highest BCUT2D eigenvalue weighted by molar-refractivity contribution is 4.77. The van der Waals surface area contributed by atoms with Crippen molar-refractivity contribution in [2.45, 2.75) is 148 Å². The van der Waals surface area contributed by atoms with Gasteiger partial charge in [-0.15, -0.1) is 0 Å². The number of rotatable bonds is 21. The zero-order chi connectivity index (χ0) is 20.1. The van der Waals surface area contributed by atoms with Gasteiger partial charge in [-0.05, 0) is 19.4 Å². The van der Waals surface area contributed by atoms with Crippen molar-refractivity contribution >= 4 is 0 Å².